The van der Waals surface area contributed by atoms with E-state index in [1.165, 1.54) is 23.9 Å². The average Bonchev–Trinajstić information content (AvgIpc) is 2.73. The number of halogens is 2. The summed E-state index contributed by atoms with van der Waals surface area (Å²) in [5, 5.41) is 10.7. The summed E-state index contributed by atoms with van der Waals surface area (Å²) in [7, 11) is -2.61. The van der Waals surface area contributed by atoms with Crippen molar-refractivity contribution in [3.05, 3.63) is 40.8 Å². The minimum atomic E-state index is -4.06. The largest absolute Gasteiger partial charge is 0.304 e. The molecule has 2 rings (SSSR count). The number of carbonyl (C=O) groups is 1. The van der Waals surface area contributed by atoms with Crippen LogP contribution in [0.5, 0.6) is 0 Å². The lowest BCUT2D eigenvalue weighted by atomic mass is 10.2. The molecule has 0 fully saturated rings. The van der Waals surface area contributed by atoms with Crippen LogP contribution in [-0.4, -0.2) is 24.1 Å². The number of aromatic nitrogens is 2. The summed E-state index contributed by atoms with van der Waals surface area (Å²) in [4.78, 5) is 11.7. The zero-order valence-corrected chi connectivity index (χ0v) is 12.2. The van der Waals surface area contributed by atoms with E-state index in [-0.39, 0.29) is 21.3 Å². The molecule has 1 aromatic heterocycles. The highest BCUT2D eigenvalue weighted by molar-refractivity contribution is 7.89. The predicted molar refractivity (Wildman–Crippen MR) is 73.9 cm³/mol. The van der Waals surface area contributed by atoms with Gasteiger partial charge in [0, 0.05) is 13.2 Å². The third-order valence-electron chi connectivity index (χ3n) is 2.53. The maximum atomic E-state index is 13.3. The molecule has 0 saturated heterocycles. The van der Waals surface area contributed by atoms with Gasteiger partial charge in [-0.3, -0.25) is 9.48 Å². The Morgan fingerprint density at radius 2 is 2.14 bits per heavy atom. The molecule has 0 atom stereocenters. The molecule has 1 aromatic carbocycles. The van der Waals surface area contributed by atoms with Gasteiger partial charge in [0.2, 0.25) is 10.0 Å². The van der Waals surface area contributed by atoms with Gasteiger partial charge in [0.05, 0.1) is 10.6 Å². The summed E-state index contributed by atoms with van der Waals surface area (Å²) in [5.41, 5.74) is -0.150. The third-order valence-corrected chi connectivity index (χ3v) is 3.83. The van der Waals surface area contributed by atoms with Gasteiger partial charge in [0.1, 0.15) is 10.7 Å². The Morgan fingerprint density at radius 3 is 2.76 bits per heavy atom. The number of anilines is 1. The van der Waals surface area contributed by atoms with E-state index in [1.54, 1.807) is 0 Å². The highest BCUT2D eigenvalue weighted by Gasteiger charge is 2.22. The van der Waals surface area contributed by atoms with Gasteiger partial charge in [-0.1, -0.05) is 17.7 Å². The molecule has 21 heavy (non-hydrogen) atoms. The van der Waals surface area contributed by atoms with E-state index in [0.29, 0.717) is 0 Å². The van der Waals surface area contributed by atoms with E-state index >= 15 is 0 Å². The molecule has 0 aliphatic carbocycles. The van der Waals surface area contributed by atoms with Crippen LogP contribution in [0, 0.1) is 5.82 Å². The SMILES string of the molecule is Cn1cc(S(N)(=O)=O)c(NC(=O)c2cccc(F)c2Cl)n1. The lowest BCUT2D eigenvalue weighted by molar-refractivity contribution is 0.102. The summed E-state index contributed by atoms with van der Waals surface area (Å²) in [5.74, 6) is -1.83. The Kier molecular flexibility index (Phi) is 3.99. The number of aryl methyl sites for hydroxylation is 1. The van der Waals surface area contributed by atoms with Crippen LogP contribution in [0.1, 0.15) is 10.4 Å². The van der Waals surface area contributed by atoms with E-state index in [4.69, 9.17) is 16.7 Å². The van der Waals surface area contributed by atoms with Crippen molar-refractivity contribution in [2.45, 2.75) is 4.90 Å². The van der Waals surface area contributed by atoms with Gasteiger partial charge >= 0.3 is 0 Å². The van der Waals surface area contributed by atoms with Crippen molar-refractivity contribution in [1.29, 1.82) is 0 Å². The Hall–Kier alpha value is -1.97. The number of carbonyl (C=O) groups excluding carboxylic acids is 1. The van der Waals surface area contributed by atoms with Crippen molar-refractivity contribution in [3.63, 3.8) is 0 Å². The zero-order chi connectivity index (χ0) is 15.8. The summed E-state index contributed by atoms with van der Waals surface area (Å²) < 4.78 is 37.3. The Balaban J connectivity index is 2.39. The number of amides is 1. The monoisotopic (exact) mass is 332 g/mol. The van der Waals surface area contributed by atoms with Gasteiger partial charge in [0.15, 0.2) is 5.82 Å². The van der Waals surface area contributed by atoms with Crippen molar-refractivity contribution in [3.8, 4) is 0 Å². The van der Waals surface area contributed by atoms with Crippen molar-refractivity contribution in [1.82, 2.24) is 9.78 Å². The zero-order valence-electron chi connectivity index (χ0n) is 10.7. The second kappa shape index (κ2) is 5.43. The van der Waals surface area contributed by atoms with Crippen molar-refractivity contribution in [2.24, 2.45) is 12.2 Å². The van der Waals surface area contributed by atoms with E-state index in [9.17, 15) is 17.6 Å². The molecule has 1 amide bonds. The number of nitrogens with one attached hydrogen (secondary N) is 1. The van der Waals surface area contributed by atoms with Crippen molar-refractivity contribution < 1.29 is 17.6 Å². The topological polar surface area (TPSA) is 107 Å². The lowest BCUT2D eigenvalue weighted by Crippen LogP contribution is -2.18. The van der Waals surface area contributed by atoms with Gasteiger partial charge in [-0.05, 0) is 12.1 Å². The molecule has 0 saturated carbocycles. The fourth-order valence-corrected chi connectivity index (χ4v) is 2.49. The Morgan fingerprint density at radius 1 is 1.48 bits per heavy atom. The molecule has 0 aliphatic rings. The van der Waals surface area contributed by atoms with E-state index in [0.717, 1.165) is 12.3 Å². The molecule has 0 bridgehead atoms. The molecule has 0 radical (unpaired) electrons. The van der Waals surface area contributed by atoms with E-state index in [1.807, 2.05) is 0 Å². The van der Waals surface area contributed by atoms with Crippen LogP contribution < -0.4 is 10.5 Å². The maximum absolute atomic E-state index is 13.3. The molecule has 1 heterocycles. The standard InChI is InChI=1S/C11H10ClFN4O3S/c1-17-5-8(21(14,19)20)10(16-17)15-11(18)6-3-2-4-7(13)9(6)12/h2-5H,1H3,(H2,14,19,20)(H,15,16,18). The van der Waals surface area contributed by atoms with E-state index < -0.39 is 21.7 Å². The highest BCUT2D eigenvalue weighted by Crippen LogP contribution is 2.22. The van der Waals surface area contributed by atoms with Crippen LogP contribution in [0.25, 0.3) is 0 Å². The maximum Gasteiger partial charge on any atom is 0.258 e. The second-order valence-electron chi connectivity index (χ2n) is 4.12. The first-order valence-corrected chi connectivity index (χ1v) is 7.44. The minimum absolute atomic E-state index is 0.150. The van der Waals surface area contributed by atoms with Crippen LogP contribution >= 0.6 is 11.6 Å². The number of rotatable bonds is 3. The lowest BCUT2D eigenvalue weighted by Gasteiger charge is -2.06. The average molecular weight is 333 g/mol. The Labute approximate surface area is 124 Å². The van der Waals surface area contributed by atoms with Gasteiger partial charge in [-0.25, -0.2) is 17.9 Å². The molecule has 0 aliphatic heterocycles. The number of hydrogen-bond acceptors (Lipinski definition) is 4. The smallest absolute Gasteiger partial charge is 0.258 e. The molecular weight excluding hydrogens is 323 g/mol. The van der Waals surface area contributed by atoms with Gasteiger partial charge in [-0.2, -0.15) is 5.10 Å². The second-order valence-corrected chi connectivity index (χ2v) is 6.02. The summed E-state index contributed by atoms with van der Waals surface area (Å²) in [6, 6.07) is 3.69. The number of benzene rings is 1. The van der Waals surface area contributed by atoms with Crippen LogP contribution in [0.2, 0.25) is 5.02 Å². The summed E-state index contributed by atoms with van der Waals surface area (Å²) in [6.07, 6.45) is 1.14. The molecule has 0 spiro atoms. The fourth-order valence-electron chi connectivity index (χ4n) is 1.62. The first kappa shape index (κ1) is 15.4. The van der Waals surface area contributed by atoms with E-state index in [2.05, 4.69) is 10.4 Å². The molecule has 2 aromatic rings. The number of nitrogens with two attached hydrogens (primary N) is 1. The summed E-state index contributed by atoms with van der Waals surface area (Å²) >= 11 is 5.68. The first-order chi connectivity index (χ1) is 9.70. The van der Waals surface area contributed by atoms with Gasteiger partial charge in [-0.15, -0.1) is 0 Å². The molecule has 0 unspecified atom stereocenters. The van der Waals surface area contributed by atoms with Crippen LogP contribution in [0.4, 0.5) is 10.2 Å². The third kappa shape index (κ3) is 3.20. The fraction of sp³-hybridized carbons (Fsp3) is 0.0909. The predicted octanol–water partition coefficient (Wildman–Crippen LogP) is 1.11. The molecule has 10 heteroatoms. The van der Waals surface area contributed by atoms with Gasteiger partial charge in [0.25, 0.3) is 5.91 Å². The van der Waals surface area contributed by atoms with Crippen LogP contribution in [0.3, 0.4) is 0 Å². The molecule has 7 nitrogen and oxygen atoms in total. The number of sulfonamides is 1. The number of hydrogen-bond donors (Lipinski definition) is 2. The van der Waals surface area contributed by atoms with Crippen LogP contribution in [-0.2, 0) is 17.1 Å². The quantitative estimate of drug-likeness (QED) is 0.877. The van der Waals surface area contributed by atoms with Crippen molar-refractivity contribution >= 4 is 33.3 Å². The van der Waals surface area contributed by atoms with Crippen LogP contribution in [0.15, 0.2) is 29.3 Å². The molecule has 3 N–H and O–H groups in total. The molecule has 112 valence electrons. The highest BCUT2D eigenvalue weighted by atomic mass is 35.5. The number of nitrogens with zero attached hydrogens (tertiary/aromatic N) is 2. The number of primary sulfonamides is 1. The molecular formula is C11H10ClFN4O3S. The first-order valence-electron chi connectivity index (χ1n) is 5.52. The Bertz CT molecular complexity index is 819. The minimum Gasteiger partial charge on any atom is -0.304 e. The van der Waals surface area contributed by atoms with Crippen molar-refractivity contribution in [2.75, 3.05) is 5.32 Å². The normalized spacial score (nSPS) is 11.4. The summed E-state index contributed by atoms with van der Waals surface area (Å²) in [6.45, 7) is 0. The van der Waals surface area contributed by atoms with Gasteiger partial charge < -0.3 is 5.32 Å².